The summed E-state index contributed by atoms with van der Waals surface area (Å²) in [5, 5.41) is 0. The summed E-state index contributed by atoms with van der Waals surface area (Å²) in [6.45, 7) is 0. The van der Waals surface area contributed by atoms with Gasteiger partial charge in [-0.3, -0.25) is 0 Å². The predicted octanol–water partition coefficient (Wildman–Crippen LogP) is 4.53. The van der Waals surface area contributed by atoms with Crippen LogP contribution in [0.1, 0.15) is 0 Å². The van der Waals surface area contributed by atoms with Crippen LogP contribution < -0.4 is 4.74 Å². The van der Waals surface area contributed by atoms with Crippen LogP contribution in [0.4, 0.5) is 22.0 Å². The van der Waals surface area contributed by atoms with E-state index in [1.165, 1.54) is 24.3 Å². The topological polar surface area (TPSA) is 9.23 Å². The molecule has 0 atom stereocenters. The molecule has 0 N–H and O–H groups in total. The molecule has 0 spiro atoms. The van der Waals surface area contributed by atoms with Crippen LogP contribution in [0.3, 0.4) is 0 Å². The highest BCUT2D eigenvalue weighted by molar-refractivity contribution is 5.65. The summed E-state index contributed by atoms with van der Waals surface area (Å²) in [6.07, 6.45) is -4.83. The molecule has 1 nitrogen and oxygen atoms in total. The first-order chi connectivity index (χ1) is 8.87. The van der Waals surface area contributed by atoms with Crippen LogP contribution in [-0.2, 0) is 0 Å². The second-order valence-electron chi connectivity index (χ2n) is 3.68. The summed E-state index contributed by atoms with van der Waals surface area (Å²) in [5.41, 5.74) is -0.0358. The highest BCUT2D eigenvalue weighted by Gasteiger charge is 2.31. The molecule has 6 heteroatoms. The number of hydrogen-bond donors (Lipinski definition) is 0. The molecule has 0 unspecified atom stereocenters. The smallest absolute Gasteiger partial charge is 0.406 e. The highest BCUT2D eigenvalue weighted by atomic mass is 19.4. The van der Waals surface area contributed by atoms with E-state index in [1.807, 2.05) is 0 Å². The maximum Gasteiger partial charge on any atom is 0.573 e. The van der Waals surface area contributed by atoms with Crippen molar-refractivity contribution in [1.29, 1.82) is 0 Å². The molecule has 0 heterocycles. The van der Waals surface area contributed by atoms with Crippen molar-refractivity contribution in [2.24, 2.45) is 0 Å². The van der Waals surface area contributed by atoms with Crippen molar-refractivity contribution >= 4 is 0 Å². The standard InChI is InChI=1S/C13H7F5O/c14-11-6-2-5-10(12(11)15)8-3-1-4-9(7-8)19-13(16,17)18/h1-7H. The molecular weight excluding hydrogens is 267 g/mol. The fraction of sp³-hybridized carbons (Fsp3) is 0.0769. The summed E-state index contributed by atoms with van der Waals surface area (Å²) in [5.74, 6) is -2.68. The van der Waals surface area contributed by atoms with E-state index in [2.05, 4.69) is 4.74 Å². The molecule has 0 fully saturated rings. The zero-order chi connectivity index (χ0) is 14.0. The lowest BCUT2D eigenvalue weighted by atomic mass is 10.0. The average Bonchev–Trinajstić information content (AvgIpc) is 2.31. The third kappa shape index (κ3) is 3.21. The van der Waals surface area contributed by atoms with Gasteiger partial charge in [0.15, 0.2) is 11.6 Å². The van der Waals surface area contributed by atoms with Gasteiger partial charge in [0.25, 0.3) is 0 Å². The van der Waals surface area contributed by atoms with Crippen LogP contribution in [0.15, 0.2) is 42.5 Å². The Kier molecular flexibility index (Phi) is 3.42. The van der Waals surface area contributed by atoms with Gasteiger partial charge in [-0.25, -0.2) is 8.78 Å². The van der Waals surface area contributed by atoms with E-state index in [4.69, 9.17) is 0 Å². The predicted molar refractivity (Wildman–Crippen MR) is 58.5 cm³/mol. The Bertz CT molecular complexity index is 592. The molecule has 0 aliphatic carbocycles. The zero-order valence-electron chi connectivity index (χ0n) is 9.34. The lowest BCUT2D eigenvalue weighted by Gasteiger charge is -2.10. The van der Waals surface area contributed by atoms with Crippen molar-refractivity contribution in [3.8, 4) is 16.9 Å². The number of benzene rings is 2. The number of ether oxygens (including phenoxy) is 1. The van der Waals surface area contributed by atoms with Crippen molar-refractivity contribution in [3.05, 3.63) is 54.1 Å². The number of halogens is 5. The number of rotatable bonds is 2. The van der Waals surface area contributed by atoms with E-state index in [1.54, 1.807) is 0 Å². The highest BCUT2D eigenvalue weighted by Crippen LogP contribution is 2.29. The lowest BCUT2D eigenvalue weighted by molar-refractivity contribution is -0.274. The Balaban J connectivity index is 2.41. The van der Waals surface area contributed by atoms with Gasteiger partial charge in [-0.15, -0.1) is 13.2 Å². The third-order valence-corrected chi connectivity index (χ3v) is 2.33. The molecule has 19 heavy (non-hydrogen) atoms. The van der Waals surface area contributed by atoms with Gasteiger partial charge in [0.05, 0.1) is 0 Å². The lowest BCUT2D eigenvalue weighted by Crippen LogP contribution is -2.17. The normalized spacial score (nSPS) is 11.4. The van der Waals surface area contributed by atoms with Gasteiger partial charge >= 0.3 is 6.36 Å². The second-order valence-corrected chi connectivity index (χ2v) is 3.68. The third-order valence-electron chi connectivity index (χ3n) is 2.33. The Labute approximate surface area is 105 Å². The molecule has 2 aromatic carbocycles. The first kappa shape index (κ1) is 13.3. The average molecular weight is 274 g/mol. The van der Waals surface area contributed by atoms with Gasteiger partial charge in [0.1, 0.15) is 5.75 Å². The van der Waals surface area contributed by atoms with Crippen molar-refractivity contribution in [2.45, 2.75) is 6.36 Å². The summed E-state index contributed by atoms with van der Waals surface area (Å²) >= 11 is 0. The molecule has 0 aromatic heterocycles. The Morgan fingerprint density at radius 2 is 1.58 bits per heavy atom. The van der Waals surface area contributed by atoms with Gasteiger partial charge in [0.2, 0.25) is 0 Å². The molecule has 2 aromatic rings. The molecule has 0 radical (unpaired) electrons. The summed E-state index contributed by atoms with van der Waals surface area (Å²) in [4.78, 5) is 0. The van der Waals surface area contributed by atoms with Crippen LogP contribution >= 0.6 is 0 Å². The molecule has 0 aliphatic rings. The summed E-state index contributed by atoms with van der Waals surface area (Å²) in [6, 6.07) is 8.16. The molecule has 0 saturated heterocycles. The second kappa shape index (κ2) is 4.87. The molecule has 0 bridgehead atoms. The van der Waals surface area contributed by atoms with Gasteiger partial charge in [-0.2, -0.15) is 0 Å². The van der Waals surface area contributed by atoms with Crippen molar-refractivity contribution in [1.82, 2.24) is 0 Å². The van der Waals surface area contributed by atoms with Gasteiger partial charge in [-0.05, 0) is 23.8 Å². The van der Waals surface area contributed by atoms with E-state index < -0.39 is 23.7 Å². The van der Waals surface area contributed by atoms with Crippen molar-refractivity contribution < 1.29 is 26.7 Å². The Morgan fingerprint density at radius 3 is 2.26 bits per heavy atom. The minimum atomic E-state index is -4.83. The SMILES string of the molecule is Fc1cccc(-c2cccc(OC(F)(F)F)c2)c1F. The first-order valence-corrected chi connectivity index (χ1v) is 5.17. The fourth-order valence-electron chi connectivity index (χ4n) is 1.59. The molecule has 0 saturated carbocycles. The van der Waals surface area contributed by atoms with Gasteiger partial charge in [0, 0.05) is 5.56 Å². The van der Waals surface area contributed by atoms with Crippen LogP contribution in [0.25, 0.3) is 11.1 Å². The fourth-order valence-corrected chi connectivity index (χ4v) is 1.59. The van der Waals surface area contributed by atoms with Crippen molar-refractivity contribution in [2.75, 3.05) is 0 Å². The molecule has 0 amide bonds. The largest absolute Gasteiger partial charge is 0.573 e. The minimum Gasteiger partial charge on any atom is -0.406 e. The summed E-state index contributed by atoms with van der Waals surface area (Å²) in [7, 11) is 0. The van der Waals surface area contributed by atoms with Crippen LogP contribution in [-0.4, -0.2) is 6.36 Å². The van der Waals surface area contributed by atoms with Crippen LogP contribution in [0.2, 0.25) is 0 Å². The zero-order valence-corrected chi connectivity index (χ0v) is 9.34. The minimum absolute atomic E-state index is 0.0961. The molecule has 100 valence electrons. The monoisotopic (exact) mass is 274 g/mol. The van der Waals surface area contributed by atoms with E-state index in [0.29, 0.717) is 0 Å². The van der Waals surface area contributed by atoms with E-state index >= 15 is 0 Å². The van der Waals surface area contributed by atoms with Gasteiger partial charge in [-0.1, -0.05) is 24.3 Å². The van der Waals surface area contributed by atoms with E-state index in [-0.39, 0.29) is 11.1 Å². The quantitative estimate of drug-likeness (QED) is 0.731. The Morgan fingerprint density at radius 1 is 0.895 bits per heavy atom. The summed E-state index contributed by atoms with van der Waals surface area (Å²) < 4.78 is 66.5. The first-order valence-electron chi connectivity index (χ1n) is 5.17. The number of hydrogen-bond acceptors (Lipinski definition) is 1. The van der Waals surface area contributed by atoms with Crippen LogP contribution in [0, 0.1) is 11.6 Å². The Hall–Kier alpha value is -2.11. The molecule has 2 rings (SSSR count). The molecular formula is C13H7F5O. The van der Waals surface area contributed by atoms with Gasteiger partial charge < -0.3 is 4.74 Å². The maximum absolute atomic E-state index is 13.5. The van der Waals surface area contributed by atoms with Crippen molar-refractivity contribution in [3.63, 3.8) is 0 Å². The molecule has 0 aliphatic heterocycles. The number of alkyl halides is 3. The van der Waals surface area contributed by atoms with E-state index in [9.17, 15) is 22.0 Å². The van der Waals surface area contributed by atoms with Crippen LogP contribution in [0.5, 0.6) is 5.75 Å². The maximum atomic E-state index is 13.5. The van der Waals surface area contributed by atoms with E-state index in [0.717, 1.165) is 18.2 Å².